The van der Waals surface area contributed by atoms with Crippen molar-refractivity contribution in [3.8, 4) is 0 Å². The van der Waals surface area contributed by atoms with Crippen LogP contribution in [0.4, 0.5) is 5.13 Å². The minimum atomic E-state index is -0.603. The maximum absolute atomic E-state index is 12.9. The first-order chi connectivity index (χ1) is 18.2. The number of thiazole rings is 1. The Balaban J connectivity index is 1.79. The second kappa shape index (κ2) is 13.9. The summed E-state index contributed by atoms with van der Waals surface area (Å²) in [6.07, 6.45) is 0.697. The number of nitrogens with one attached hydrogen (secondary N) is 3. The number of H-pyrrole nitrogens is 1. The average molecular weight is 571 g/mol. The van der Waals surface area contributed by atoms with Crippen molar-refractivity contribution < 1.29 is 28.6 Å². The molecule has 0 radical (unpaired) electrons. The van der Waals surface area contributed by atoms with E-state index in [-0.39, 0.29) is 58.9 Å². The number of aryl methyl sites for hydroxylation is 1. The molecule has 3 N–H and O–H groups in total. The number of carbonyl (C=O) groups is 3. The Morgan fingerprint density at radius 1 is 1.24 bits per heavy atom. The maximum atomic E-state index is 12.9. The van der Waals surface area contributed by atoms with Crippen molar-refractivity contribution in [2.75, 3.05) is 44.9 Å². The molecule has 2 aromatic heterocycles. The summed E-state index contributed by atoms with van der Waals surface area (Å²) in [6, 6.07) is -0.295. The molecule has 0 spiro atoms. The molecule has 1 saturated heterocycles. The average Bonchev–Trinajstić information content (AvgIpc) is 3.49. The number of aromatic nitrogens is 3. The summed E-state index contributed by atoms with van der Waals surface area (Å²) in [5.41, 5.74) is 0.711. The zero-order chi connectivity index (χ0) is 27.8. The van der Waals surface area contributed by atoms with Gasteiger partial charge in [0.1, 0.15) is 4.88 Å². The van der Waals surface area contributed by atoms with Gasteiger partial charge in [-0.3, -0.25) is 9.59 Å². The van der Waals surface area contributed by atoms with Crippen LogP contribution in [0.5, 0.6) is 0 Å². The van der Waals surface area contributed by atoms with Crippen LogP contribution < -0.4 is 15.5 Å². The zero-order valence-electron chi connectivity index (χ0n) is 22.3. The smallest absolute Gasteiger partial charge is 0.350 e. The first kappa shape index (κ1) is 29.8. The number of methoxy groups -OCH3 is 1. The number of hydrogen-bond acceptors (Lipinski definition) is 10. The van der Waals surface area contributed by atoms with Crippen LogP contribution >= 0.6 is 22.9 Å². The van der Waals surface area contributed by atoms with E-state index in [1.165, 1.54) is 7.11 Å². The summed E-state index contributed by atoms with van der Waals surface area (Å²) in [4.78, 5) is 52.0. The summed E-state index contributed by atoms with van der Waals surface area (Å²) >= 11 is 7.20. The molecular weight excluding hydrogens is 536 g/mol. The van der Waals surface area contributed by atoms with E-state index in [9.17, 15) is 14.4 Å². The van der Waals surface area contributed by atoms with Gasteiger partial charge in [-0.05, 0) is 33.6 Å². The van der Waals surface area contributed by atoms with E-state index in [2.05, 4.69) is 25.6 Å². The molecule has 210 valence electrons. The number of imidazole rings is 1. The molecule has 2 aromatic rings. The monoisotopic (exact) mass is 570 g/mol. The first-order valence-electron chi connectivity index (χ1n) is 12.6. The minimum Gasteiger partial charge on any atom is -0.462 e. The highest BCUT2D eigenvalue weighted by molar-refractivity contribution is 7.17. The van der Waals surface area contributed by atoms with Gasteiger partial charge < -0.3 is 34.7 Å². The van der Waals surface area contributed by atoms with Gasteiger partial charge in [0.15, 0.2) is 21.8 Å². The SMILES string of the molecule is CCOC(=O)c1sc(N2CC[C@@H](NC(=O)c3nc(Cl)c(CC)[nH]3)[C@@H](OC(C)C)C2)nc1C(=O)NCCOC. The van der Waals surface area contributed by atoms with E-state index in [0.29, 0.717) is 43.4 Å². The molecule has 38 heavy (non-hydrogen) atoms. The molecule has 0 aromatic carbocycles. The Labute approximate surface area is 230 Å². The molecule has 0 saturated carbocycles. The Morgan fingerprint density at radius 3 is 2.63 bits per heavy atom. The molecule has 0 aliphatic carbocycles. The number of rotatable bonds is 12. The Bertz CT molecular complexity index is 1120. The van der Waals surface area contributed by atoms with Gasteiger partial charge in [0.05, 0.1) is 37.2 Å². The van der Waals surface area contributed by atoms with Gasteiger partial charge in [-0.2, -0.15) is 0 Å². The number of nitrogens with zero attached hydrogens (tertiary/aromatic N) is 3. The number of anilines is 1. The predicted octanol–water partition coefficient (Wildman–Crippen LogP) is 2.44. The number of halogens is 1. The van der Waals surface area contributed by atoms with Gasteiger partial charge in [0.25, 0.3) is 11.8 Å². The Kier molecular flexibility index (Phi) is 10.9. The molecule has 1 aliphatic heterocycles. The third-order valence-electron chi connectivity index (χ3n) is 5.77. The van der Waals surface area contributed by atoms with Crippen molar-refractivity contribution in [3.63, 3.8) is 0 Å². The third kappa shape index (κ3) is 7.43. The van der Waals surface area contributed by atoms with Crippen molar-refractivity contribution in [1.82, 2.24) is 25.6 Å². The number of hydrogen-bond donors (Lipinski definition) is 3. The first-order valence-corrected chi connectivity index (χ1v) is 13.8. The minimum absolute atomic E-state index is 0.0118. The van der Waals surface area contributed by atoms with Crippen molar-refractivity contribution in [2.24, 2.45) is 0 Å². The van der Waals surface area contributed by atoms with E-state index < -0.39 is 11.9 Å². The summed E-state index contributed by atoms with van der Waals surface area (Å²) in [5, 5.41) is 6.50. The number of ether oxygens (including phenoxy) is 3. The van der Waals surface area contributed by atoms with E-state index in [4.69, 9.17) is 25.8 Å². The molecule has 2 atom stereocenters. The summed E-state index contributed by atoms with van der Waals surface area (Å²) in [7, 11) is 1.53. The van der Waals surface area contributed by atoms with Crippen LogP contribution in [0.2, 0.25) is 5.15 Å². The van der Waals surface area contributed by atoms with Crippen LogP contribution in [0.15, 0.2) is 0 Å². The molecule has 0 unspecified atom stereocenters. The second-order valence-corrected chi connectivity index (χ2v) is 10.2. The van der Waals surface area contributed by atoms with E-state index in [1.807, 2.05) is 25.7 Å². The fraction of sp³-hybridized carbons (Fsp3) is 0.625. The lowest BCUT2D eigenvalue weighted by atomic mass is 10.0. The van der Waals surface area contributed by atoms with Crippen LogP contribution in [-0.4, -0.2) is 90.9 Å². The van der Waals surface area contributed by atoms with Crippen molar-refractivity contribution in [1.29, 1.82) is 0 Å². The standard InChI is InChI=1S/C24H35ClN6O6S/c1-6-14-19(25)30-20(27-14)22(33)28-15-8-10-31(12-16(15)37-13(3)4)24-29-17(21(32)26-9-11-35-5)18(38-24)23(34)36-7-2/h13,15-16H,6-12H2,1-5H3,(H,26,32)(H,27,30)(H,28,33)/t15-,16+/m1/s1. The zero-order valence-corrected chi connectivity index (χ0v) is 23.8. The van der Waals surface area contributed by atoms with Crippen LogP contribution in [0, 0.1) is 0 Å². The summed E-state index contributed by atoms with van der Waals surface area (Å²) in [5.74, 6) is -1.29. The van der Waals surface area contributed by atoms with Gasteiger partial charge in [-0.15, -0.1) is 0 Å². The van der Waals surface area contributed by atoms with E-state index >= 15 is 0 Å². The van der Waals surface area contributed by atoms with E-state index in [0.717, 1.165) is 11.3 Å². The lowest BCUT2D eigenvalue weighted by molar-refractivity contribution is -0.0167. The van der Waals surface area contributed by atoms with Crippen molar-refractivity contribution >= 4 is 45.9 Å². The van der Waals surface area contributed by atoms with Crippen molar-refractivity contribution in [2.45, 2.75) is 58.8 Å². The molecule has 2 amide bonds. The topological polar surface area (TPSA) is 148 Å². The van der Waals surface area contributed by atoms with Crippen LogP contribution in [0.3, 0.4) is 0 Å². The number of esters is 1. The maximum Gasteiger partial charge on any atom is 0.350 e. The van der Waals surface area contributed by atoms with Crippen LogP contribution in [-0.2, 0) is 20.6 Å². The van der Waals surface area contributed by atoms with Crippen LogP contribution in [0.25, 0.3) is 0 Å². The molecule has 12 nitrogen and oxygen atoms in total. The van der Waals surface area contributed by atoms with Gasteiger partial charge >= 0.3 is 5.97 Å². The number of amides is 2. The van der Waals surface area contributed by atoms with Gasteiger partial charge in [0, 0.05) is 26.7 Å². The Morgan fingerprint density at radius 2 is 2.00 bits per heavy atom. The Hall–Kier alpha value is -2.74. The normalized spacial score (nSPS) is 17.5. The van der Waals surface area contributed by atoms with Gasteiger partial charge in [-0.25, -0.2) is 14.8 Å². The molecule has 0 bridgehead atoms. The quantitative estimate of drug-likeness (QED) is 0.258. The molecule has 1 fully saturated rings. The summed E-state index contributed by atoms with van der Waals surface area (Å²) < 4.78 is 16.3. The largest absolute Gasteiger partial charge is 0.462 e. The third-order valence-corrected chi connectivity index (χ3v) is 7.18. The molecule has 3 rings (SSSR count). The number of piperidine rings is 1. The van der Waals surface area contributed by atoms with Gasteiger partial charge in [0.2, 0.25) is 0 Å². The lowest BCUT2D eigenvalue weighted by Gasteiger charge is -2.39. The van der Waals surface area contributed by atoms with Crippen molar-refractivity contribution in [3.05, 3.63) is 27.2 Å². The summed E-state index contributed by atoms with van der Waals surface area (Å²) in [6.45, 7) is 9.15. The van der Waals surface area contributed by atoms with Gasteiger partial charge in [-0.1, -0.05) is 29.9 Å². The molecule has 1 aliphatic rings. The highest BCUT2D eigenvalue weighted by atomic mass is 35.5. The molecule has 3 heterocycles. The van der Waals surface area contributed by atoms with Crippen LogP contribution in [0.1, 0.15) is 70.6 Å². The lowest BCUT2D eigenvalue weighted by Crippen LogP contribution is -2.56. The van der Waals surface area contributed by atoms with E-state index in [1.54, 1.807) is 6.92 Å². The second-order valence-electron chi connectivity index (χ2n) is 8.89. The highest BCUT2D eigenvalue weighted by Crippen LogP contribution is 2.30. The molecule has 14 heteroatoms. The predicted molar refractivity (Wildman–Crippen MR) is 143 cm³/mol. The number of carbonyl (C=O) groups excluding carboxylic acids is 3. The number of aromatic amines is 1. The highest BCUT2D eigenvalue weighted by Gasteiger charge is 2.35. The molecular formula is C24H35ClN6O6S. The fourth-order valence-corrected chi connectivity index (χ4v) is 5.25. The fourth-order valence-electron chi connectivity index (χ4n) is 3.99.